The third kappa shape index (κ3) is 6.96. The Morgan fingerprint density at radius 2 is 1.71 bits per heavy atom. The van der Waals surface area contributed by atoms with Gasteiger partial charge in [-0.25, -0.2) is 0 Å². The Hall–Kier alpha value is -1.06. The number of ether oxygens (including phenoxy) is 1. The minimum absolute atomic E-state index is 0.217. The molecule has 21 heavy (non-hydrogen) atoms. The Bertz CT molecular complexity index is 406. The summed E-state index contributed by atoms with van der Waals surface area (Å²) in [5.41, 5.74) is 1.62. The molecule has 0 spiro atoms. The Balaban J connectivity index is 2.67. The first-order chi connectivity index (χ1) is 9.71. The van der Waals surface area contributed by atoms with Crippen molar-refractivity contribution in [3.8, 4) is 5.75 Å². The molecule has 1 aromatic rings. The number of nitrogens with one attached hydrogen (secondary N) is 1. The summed E-state index contributed by atoms with van der Waals surface area (Å²) in [5.74, 6) is 0.937. The van der Waals surface area contributed by atoms with Gasteiger partial charge in [-0.05, 0) is 51.1 Å². The summed E-state index contributed by atoms with van der Waals surface area (Å²) in [4.78, 5) is 2.39. The quantitative estimate of drug-likeness (QED) is 0.829. The molecule has 3 heteroatoms. The van der Waals surface area contributed by atoms with Crippen molar-refractivity contribution in [1.82, 2.24) is 10.2 Å². The third-order valence-corrected chi connectivity index (χ3v) is 3.24. The van der Waals surface area contributed by atoms with Gasteiger partial charge in [0.25, 0.3) is 0 Å². The highest BCUT2D eigenvalue weighted by Gasteiger charge is 2.17. The van der Waals surface area contributed by atoms with E-state index in [4.69, 9.17) is 4.74 Å². The minimum atomic E-state index is 0.217. The molecular formula is C18H32N2O. The van der Waals surface area contributed by atoms with Crippen LogP contribution in [0.15, 0.2) is 24.3 Å². The standard InChI is InChI=1S/C18H32N2O/c1-14(2)21-16-10-8-15(9-11-16)17(19-6)12-20(7)13-18(3,4)5/h8-11,14,17,19H,12-13H2,1-7H3. The maximum absolute atomic E-state index is 5.70. The molecule has 0 radical (unpaired) electrons. The first-order valence-electron chi connectivity index (χ1n) is 7.83. The van der Waals surface area contributed by atoms with E-state index in [0.717, 1.165) is 18.8 Å². The molecule has 0 fully saturated rings. The molecule has 1 N–H and O–H groups in total. The van der Waals surface area contributed by atoms with Gasteiger partial charge >= 0.3 is 0 Å². The summed E-state index contributed by atoms with van der Waals surface area (Å²) in [7, 11) is 4.21. The van der Waals surface area contributed by atoms with Crippen LogP contribution in [0.5, 0.6) is 5.75 Å². The van der Waals surface area contributed by atoms with Crippen LogP contribution in [0, 0.1) is 5.41 Å². The first-order valence-corrected chi connectivity index (χ1v) is 7.83. The zero-order valence-corrected chi connectivity index (χ0v) is 14.7. The molecule has 1 unspecified atom stereocenters. The van der Waals surface area contributed by atoms with Crippen molar-refractivity contribution in [3.05, 3.63) is 29.8 Å². The minimum Gasteiger partial charge on any atom is -0.491 e. The summed E-state index contributed by atoms with van der Waals surface area (Å²) in [5, 5.41) is 3.41. The number of benzene rings is 1. The van der Waals surface area contributed by atoms with Crippen molar-refractivity contribution in [3.63, 3.8) is 0 Å². The fraction of sp³-hybridized carbons (Fsp3) is 0.667. The molecule has 0 amide bonds. The van der Waals surface area contributed by atoms with Gasteiger partial charge in [-0.1, -0.05) is 32.9 Å². The number of rotatable bonds is 7. The van der Waals surface area contributed by atoms with Crippen LogP contribution < -0.4 is 10.1 Å². The normalized spacial score (nSPS) is 13.8. The lowest BCUT2D eigenvalue weighted by Gasteiger charge is -2.30. The largest absolute Gasteiger partial charge is 0.491 e. The lowest BCUT2D eigenvalue weighted by Crippen LogP contribution is -2.36. The summed E-state index contributed by atoms with van der Waals surface area (Å²) in [6.07, 6.45) is 0.217. The lowest BCUT2D eigenvalue weighted by atomic mass is 9.96. The molecule has 0 aliphatic heterocycles. The highest BCUT2D eigenvalue weighted by atomic mass is 16.5. The third-order valence-electron chi connectivity index (χ3n) is 3.24. The van der Waals surface area contributed by atoms with E-state index in [2.05, 4.69) is 62.3 Å². The van der Waals surface area contributed by atoms with E-state index in [1.165, 1.54) is 5.56 Å². The molecule has 1 atom stereocenters. The molecule has 0 bridgehead atoms. The van der Waals surface area contributed by atoms with Crippen LogP contribution in [0.4, 0.5) is 0 Å². The van der Waals surface area contributed by atoms with Crippen molar-refractivity contribution in [2.75, 3.05) is 27.2 Å². The smallest absolute Gasteiger partial charge is 0.119 e. The van der Waals surface area contributed by atoms with Crippen LogP contribution in [-0.4, -0.2) is 38.2 Å². The zero-order valence-electron chi connectivity index (χ0n) is 14.7. The van der Waals surface area contributed by atoms with Crippen LogP contribution in [-0.2, 0) is 0 Å². The number of hydrogen-bond donors (Lipinski definition) is 1. The summed E-state index contributed by atoms with van der Waals surface area (Å²) < 4.78 is 5.70. The van der Waals surface area contributed by atoms with Crippen LogP contribution in [0.2, 0.25) is 0 Å². The molecule has 0 aliphatic carbocycles. The topological polar surface area (TPSA) is 24.5 Å². The van der Waals surface area contributed by atoms with Gasteiger partial charge in [0.2, 0.25) is 0 Å². The average molecular weight is 292 g/mol. The van der Waals surface area contributed by atoms with Crippen molar-refractivity contribution in [2.45, 2.75) is 46.8 Å². The van der Waals surface area contributed by atoms with Gasteiger partial charge in [0.15, 0.2) is 0 Å². The molecule has 120 valence electrons. The maximum atomic E-state index is 5.70. The second kappa shape index (κ2) is 7.81. The highest BCUT2D eigenvalue weighted by molar-refractivity contribution is 5.29. The van der Waals surface area contributed by atoms with Crippen molar-refractivity contribution in [1.29, 1.82) is 0 Å². The van der Waals surface area contributed by atoms with Crippen molar-refractivity contribution in [2.24, 2.45) is 5.41 Å². The summed E-state index contributed by atoms with van der Waals surface area (Å²) in [6, 6.07) is 8.77. The predicted octanol–water partition coefficient (Wildman–Crippen LogP) is 3.71. The van der Waals surface area contributed by atoms with E-state index in [1.807, 2.05) is 20.9 Å². The Morgan fingerprint density at radius 1 is 1.14 bits per heavy atom. The SMILES string of the molecule is CNC(CN(C)CC(C)(C)C)c1ccc(OC(C)C)cc1. The summed E-state index contributed by atoms with van der Waals surface area (Å²) >= 11 is 0. The van der Waals surface area contributed by atoms with E-state index in [1.54, 1.807) is 0 Å². The second-order valence-corrected chi connectivity index (χ2v) is 7.33. The van der Waals surface area contributed by atoms with Gasteiger partial charge in [0.05, 0.1) is 6.10 Å². The molecule has 3 nitrogen and oxygen atoms in total. The van der Waals surface area contributed by atoms with E-state index in [-0.39, 0.29) is 6.10 Å². The molecule has 0 aromatic heterocycles. The van der Waals surface area contributed by atoms with Crippen LogP contribution in [0.3, 0.4) is 0 Å². The molecule has 0 heterocycles. The molecule has 0 saturated heterocycles. The second-order valence-electron chi connectivity index (χ2n) is 7.33. The zero-order chi connectivity index (χ0) is 16.0. The van der Waals surface area contributed by atoms with E-state index < -0.39 is 0 Å². The molecular weight excluding hydrogens is 260 g/mol. The van der Waals surface area contributed by atoms with E-state index >= 15 is 0 Å². The van der Waals surface area contributed by atoms with E-state index in [0.29, 0.717) is 11.5 Å². The highest BCUT2D eigenvalue weighted by Crippen LogP contribution is 2.21. The number of nitrogens with zero attached hydrogens (tertiary/aromatic N) is 1. The van der Waals surface area contributed by atoms with Gasteiger partial charge < -0.3 is 15.0 Å². The number of likely N-dealkylation sites (N-methyl/N-ethyl adjacent to an activating group) is 2. The summed E-state index contributed by atoms with van der Waals surface area (Å²) in [6.45, 7) is 13.0. The van der Waals surface area contributed by atoms with Gasteiger partial charge in [0.1, 0.15) is 5.75 Å². The Kier molecular flexibility index (Phi) is 6.69. The average Bonchev–Trinajstić information content (AvgIpc) is 2.34. The monoisotopic (exact) mass is 292 g/mol. The fourth-order valence-corrected chi connectivity index (χ4v) is 2.60. The molecule has 0 aliphatic rings. The maximum Gasteiger partial charge on any atom is 0.119 e. The fourth-order valence-electron chi connectivity index (χ4n) is 2.60. The van der Waals surface area contributed by atoms with Gasteiger partial charge in [-0.2, -0.15) is 0 Å². The van der Waals surface area contributed by atoms with Crippen LogP contribution in [0.25, 0.3) is 0 Å². The Labute approximate surface area is 130 Å². The molecule has 1 rings (SSSR count). The predicted molar refractivity (Wildman–Crippen MR) is 91.0 cm³/mol. The lowest BCUT2D eigenvalue weighted by molar-refractivity contribution is 0.210. The van der Waals surface area contributed by atoms with Crippen LogP contribution in [0.1, 0.15) is 46.2 Å². The Morgan fingerprint density at radius 3 is 2.14 bits per heavy atom. The van der Waals surface area contributed by atoms with Crippen LogP contribution >= 0.6 is 0 Å². The molecule has 1 aromatic carbocycles. The number of hydrogen-bond acceptors (Lipinski definition) is 3. The van der Waals surface area contributed by atoms with Gasteiger partial charge in [0, 0.05) is 19.1 Å². The first kappa shape index (κ1) is 18.0. The van der Waals surface area contributed by atoms with Gasteiger partial charge in [-0.3, -0.25) is 0 Å². The van der Waals surface area contributed by atoms with Gasteiger partial charge in [-0.15, -0.1) is 0 Å². The van der Waals surface area contributed by atoms with E-state index in [9.17, 15) is 0 Å². The van der Waals surface area contributed by atoms with Crippen molar-refractivity contribution < 1.29 is 4.74 Å². The molecule has 0 saturated carbocycles. The van der Waals surface area contributed by atoms with Crippen molar-refractivity contribution >= 4 is 0 Å².